The summed E-state index contributed by atoms with van der Waals surface area (Å²) in [5.41, 5.74) is 0. The summed E-state index contributed by atoms with van der Waals surface area (Å²) < 4.78 is 0. The highest BCUT2D eigenvalue weighted by molar-refractivity contribution is 6.02. The smallest absolute Gasteiger partial charge is 0.229 e. The van der Waals surface area contributed by atoms with Gasteiger partial charge in [-0.05, 0) is 37.5 Å². The molecule has 0 bridgehead atoms. The molecular formula is C14H20N2O3. The maximum Gasteiger partial charge on any atom is 0.229 e. The summed E-state index contributed by atoms with van der Waals surface area (Å²) in [7, 11) is 0. The third-order valence-electron chi connectivity index (χ3n) is 4.30. The molecule has 0 atom stereocenters. The van der Waals surface area contributed by atoms with Gasteiger partial charge in [-0.2, -0.15) is 0 Å². The molecule has 1 aliphatic heterocycles. The Bertz CT molecular complexity index is 385. The van der Waals surface area contributed by atoms with Crippen molar-refractivity contribution in [3.05, 3.63) is 0 Å². The Morgan fingerprint density at radius 2 is 1.63 bits per heavy atom. The lowest BCUT2D eigenvalue weighted by molar-refractivity contribution is -0.138. The van der Waals surface area contributed by atoms with Crippen LogP contribution in [0.5, 0.6) is 0 Å². The number of carbonyl (C=O) groups is 3. The molecule has 0 aromatic heterocycles. The molecule has 1 heterocycles. The van der Waals surface area contributed by atoms with Crippen molar-refractivity contribution in [2.45, 2.75) is 51.0 Å². The lowest BCUT2D eigenvalue weighted by Gasteiger charge is -2.19. The summed E-state index contributed by atoms with van der Waals surface area (Å²) in [5, 5.41) is 3.11. The van der Waals surface area contributed by atoms with E-state index < -0.39 is 0 Å². The molecule has 5 heteroatoms. The van der Waals surface area contributed by atoms with E-state index in [0.29, 0.717) is 30.7 Å². The van der Waals surface area contributed by atoms with Crippen LogP contribution in [0.4, 0.5) is 0 Å². The molecule has 0 aromatic rings. The number of nitrogens with zero attached hydrogens (tertiary/aromatic N) is 1. The molecular weight excluding hydrogens is 244 g/mol. The summed E-state index contributed by atoms with van der Waals surface area (Å²) in [4.78, 5) is 36.0. The summed E-state index contributed by atoms with van der Waals surface area (Å²) in [5.74, 6) is 1.05. The first-order valence-corrected chi connectivity index (χ1v) is 7.27. The SMILES string of the molecule is O=C(CCN1C(=O)CCC1=O)NC(C1CC1)C1CC1. The Balaban J connectivity index is 1.45. The fourth-order valence-electron chi connectivity index (χ4n) is 2.87. The maximum absolute atomic E-state index is 11.9. The average Bonchev–Trinajstić information content (AvgIpc) is 3.27. The molecule has 19 heavy (non-hydrogen) atoms. The van der Waals surface area contributed by atoms with E-state index in [1.54, 1.807) is 0 Å². The van der Waals surface area contributed by atoms with Gasteiger partial charge in [0.25, 0.3) is 0 Å². The van der Waals surface area contributed by atoms with Crippen LogP contribution < -0.4 is 5.32 Å². The van der Waals surface area contributed by atoms with Crippen LogP contribution in [0, 0.1) is 11.8 Å². The van der Waals surface area contributed by atoms with E-state index in [2.05, 4.69) is 5.32 Å². The van der Waals surface area contributed by atoms with Crippen LogP contribution in [-0.2, 0) is 14.4 Å². The van der Waals surface area contributed by atoms with E-state index in [9.17, 15) is 14.4 Å². The monoisotopic (exact) mass is 264 g/mol. The molecule has 2 aliphatic carbocycles. The molecule has 1 N–H and O–H groups in total. The fourth-order valence-corrected chi connectivity index (χ4v) is 2.87. The molecule has 0 unspecified atom stereocenters. The number of rotatable bonds is 6. The summed E-state index contributed by atoms with van der Waals surface area (Å²) in [6, 6.07) is 0.345. The fraction of sp³-hybridized carbons (Fsp3) is 0.786. The first-order valence-electron chi connectivity index (χ1n) is 7.27. The third kappa shape index (κ3) is 2.96. The van der Waals surface area contributed by atoms with Crippen LogP contribution in [0.25, 0.3) is 0 Å². The van der Waals surface area contributed by atoms with E-state index in [-0.39, 0.29) is 30.7 Å². The molecule has 0 aromatic carbocycles. The van der Waals surface area contributed by atoms with Crippen LogP contribution in [-0.4, -0.2) is 35.2 Å². The molecule has 0 spiro atoms. The topological polar surface area (TPSA) is 66.5 Å². The van der Waals surface area contributed by atoms with Crippen LogP contribution in [0.1, 0.15) is 44.9 Å². The molecule has 3 amide bonds. The predicted octanol–water partition coefficient (Wildman–Crippen LogP) is 0.830. The van der Waals surface area contributed by atoms with Crippen molar-refractivity contribution in [2.75, 3.05) is 6.54 Å². The lowest BCUT2D eigenvalue weighted by Crippen LogP contribution is -2.40. The van der Waals surface area contributed by atoms with Gasteiger partial charge < -0.3 is 5.32 Å². The van der Waals surface area contributed by atoms with Gasteiger partial charge in [-0.15, -0.1) is 0 Å². The van der Waals surface area contributed by atoms with Crippen molar-refractivity contribution in [1.29, 1.82) is 0 Å². The highest BCUT2D eigenvalue weighted by atomic mass is 16.2. The van der Waals surface area contributed by atoms with E-state index in [4.69, 9.17) is 0 Å². The molecule has 2 saturated carbocycles. The van der Waals surface area contributed by atoms with Gasteiger partial charge in [0.05, 0.1) is 0 Å². The second kappa shape index (κ2) is 4.94. The molecule has 3 aliphatic rings. The van der Waals surface area contributed by atoms with Crippen LogP contribution >= 0.6 is 0 Å². The Labute approximate surface area is 112 Å². The minimum Gasteiger partial charge on any atom is -0.353 e. The second-order valence-corrected chi connectivity index (χ2v) is 5.96. The average molecular weight is 264 g/mol. The number of amides is 3. The summed E-state index contributed by atoms with van der Waals surface area (Å²) in [6.07, 6.45) is 5.75. The van der Waals surface area contributed by atoms with Gasteiger partial charge in [-0.25, -0.2) is 0 Å². The highest BCUT2D eigenvalue weighted by Gasteiger charge is 2.42. The predicted molar refractivity (Wildman–Crippen MR) is 67.9 cm³/mol. The lowest BCUT2D eigenvalue weighted by atomic mass is 10.1. The largest absolute Gasteiger partial charge is 0.353 e. The number of likely N-dealkylation sites (tertiary alicyclic amines) is 1. The van der Waals surface area contributed by atoms with Crippen molar-refractivity contribution < 1.29 is 14.4 Å². The molecule has 1 saturated heterocycles. The minimum absolute atomic E-state index is 0.0173. The van der Waals surface area contributed by atoms with Gasteiger partial charge in [0.1, 0.15) is 0 Å². The zero-order valence-electron chi connectivity index (χ0n) is 11.1. The van der Waals surface area contributed by atoms with Crippen molar-refractivity contribution in [1.82, 2.24) is 10.2 Å². The highest BCUT2D eigenvalue weighted by Crippen LogP contribution is 2.44. The van der Waals surface area contributed by atoms with Gasteiger partial charge in [0.15, 0.2) is 0 Å². The quantitative estimate of drug-likeness (QED) is 0.723. The summed E-state index contributed by atoms with van der Waals surface area (Å²) in [6.45, 7) is 0.242. The maximum atomic E-state index is 11.9. The summed E-state index contributed by atoms with van der Waals surface area (Å²) >= 11 is 0. The normalized spacial score (nSPS) is 23.3. The third-order valence-corrected chi connectivity index (χ3v) is 4.30. The number of nitrogens with one attached hydrogen (secondary N) is 1. The second-order valence-electron chi connectivity index (χ2n) is 5.96. The van der Waals surface area contributed by atoms with E-state index in [1.807, 2.05) is 0 Å². The van der Waals surface area contributed by atoms with E-state index in [1.165, 1.54) is 30.6 Å². The zero-order valence-corrected chi connectivity index (χ0v) is 11.1. The van der Waals surface area contributed by atoms with Gasteiger partial charge in [0, 0.05) is 31.8 Å². The zero-order chi connectivity index (χ0) is 13.4. The van der Waals surface area contributed by atoms with Crippen molar-refractivity contribution in [2.24, 2.45) is 11.8 Å². The molecule has 104 valence electrons. The van der Waals surface area contributed by atoms with Gasteiger partial charge in [-0.1, -0.05) is 0 Å². The number of imide groups is 1. The van der Waals surface area contributed by atoms with Gasteiger partial charge in [0.2, 0.25) is 17.7 Å². The van der Waals surface area contributed by atoms with Crippen molar-refractivity contribution in [3.63, 3.8) is 0 Å². The Kier molecular flexibility index (Phi) is 3.29. The van der Waals surface area contributed by atoms with Crippen molar-refractivity contribution in [3.8, 4) is 0 Å². The van der Waals surface area contributed by atoms with E-state index in [0.717, 1.165) is 0 Å². The first-order chi connectivity index (χ1) is 9.15. The van der Waals surface area contributed by atoms with Gasteiger partial charge >= 0.3 is 0 Å². The Hall–Kier alpha value is -1.39. The van der Waals surface area contributed by atoms with Crippen LogP contribution in [0.3, 0.4) is 0 Å². The Morgan fingerprint density at radius 3 is 2.11 bits per heavy atom. The van der Waals surface area contributed by atoms with Crippen LogP contribution in [0.2, 0.25) is 0 Å². The van der Waals surface area contributed by atoms with Crippen LogP contribution in [0.15, 0.2) is 0 Å². The molecule has 3 rings (SSSR count). The first kappa shape index (κ1) is 12.6. The molecule has 0 radical (unpaired) electrons. The minimum atomic E-state index is -0.140. The standard InChI is InChI=1S/C14H20N2O3/c17-11(7-8-16-12(18)5-6-13(16)19)15-14(9-1-2-9)10-3-4-10/h9-10,14H,1-8H2,(H,15,17). The van der Waals surface area contributed by atoms with Gasteiger partial charge in [-0.3, -0.25) is 19.3 Å². The van der Waals surface area contributed by atoms with Crippen molar-refractivity contribution >= 4 is 17.7 Å². The molecule has 5 nitrogen and oxygen atoms in total. The number of carbonyl (C=O) groups excluding carboxylic acids is 3. The Morgan fingerprint density at radius 1 is 1.11 bits per heavy atom. The number of hydrogen-bond acceptors (Lipinski definition) is 3. The van der Waals surface area contributed by atoms with E-state index >= 15 is 0 Å². The molecule has 3 fully saturated rings. The number of hydrogen-bond donors (Lipinski definition) is 1.